The van der Waals surface area contributed by atoms with Crippen LogP contribution in [0.1, 0.15) is 168 Å². The molecule has 0 rings (SSSR count). The van der Waals surface area contributed by atoms with Gasteiger partial charge in [-0.1, -0.05) is 176 Å². The minimum Gasteiger partial charge on any atom is -0.394 e. The Bertz CT molecular complexity index is 895. The molecule has 48 heavy (non-hydrogen) atoms. The van der Waals surface area contributed by atoms with Gasteiger partial charge in [0.05, 0.1) is 18.8 Å². The van der Waals surface area contributed by atoms with E-state index in [-0.39, 0.29) is 12.5 Å². The van der Waals surface area contributed by atoms with Crippen LogP contribution in [0.5, 0.6) is 0 Å². The average Bonchev–Trinajstić information content (AvgIpc) is 3.09. The number of aliphatic hydroxyl groups is 2. The highest BCUT2D eigenvalue weighted by Gasteiger charge is 2.17. The van der Waals surface area contributed by atoms with Crippen LogP contribution in [0.25, 0.3) is 0 Å². The van der Waals surface area contributed by atoms with Crippen molar-refractivity contribution in [1.82, 2.24) is 5.32 Å². The first kappa shape index (κ1) is 45.6. The fourth-order valence-corrected chi connectivity index (χ4v) is 5.36. The third-order valence-corrected chi connectivity index (χ3v) is 8.38. The molecule has 2 unspecified atom stereocenters. The fourth-order valence-electron chi connectivity index (χ4n) is 5.36. The van der Waals surface area contributed by atoms with Crippen LogP contribution >= 0.6 is 0 Å². The average molecular weight is 666 g/mol. The number of allylic oxidation sites excluding steroid dienone is 13. The first-order valence-electron chi connectivity index (χ1n) is 19.8. The topological polar surface area (TPSA) is 69.6 Å². The minimum absolute atomic E-state index is 0.0786. The predicted octanol–water partition coefficient (Wildman–Crippen LogP) is 12.1. The molecule has 0 aliphatic heterocycles. The summed E-state index contributed by atoms with van der Waals surface area (Å²) in [6.45, 7) is 4.12. The Morgan fingerprint density at radius 3 is 1.38 bits per heavy atom. The Labute approximate surface area is 297 Å². The van der Waals surface area contributed by atoms with Gasteiger partial charge >= 0.3 is 0 Å². The van der Waals surface area contributed by atoms with Gasteiger partial charge in [0.2, 0.25) is 5.91 Å². The zero-order chi connectivity index (χ0) is 35.0. The number of hydrogen-bond acceptors (Lipinski definition) is 3. The van der Waals surface area contributed by atoms with E-state index in [2.05, 4.69) is 92.1 Å². The van der Waals surface area contributed by atoms with E-state index in [9.17, 15) is 15.0 Å². The normalized spacial score (nSPS) is 14.0. The summed E-state index contributed by atoms with van der Waals surface area (Å²) in [4.78, 5) is 12.3. The molecule has 4 nitrogen and oxygen atoms in total. The van der Waals surface area contributed by atoms with Crippen LogP contribution in [-0.2, 0) is 4.79 Å². The number of aliphatic hydroxyl groups excluding tert-OH is 2. The fraction of sp³-hybridized carbons (Fsp3) is 0.659. The molecular weight excluding hydrogens is 590 g/mol. The standard InChI is InChI=1S/C44H75NO3/c1-3-5-7-9-11-12-13-14-15-16-17-18-19-20-21-22-23-24-25-26-27-28-29-30-31-32-34-36-38-40-44(48)45-42(41-46)43(47)39-37-35-33-10-8-6-4-2/h5,7,11-12,14-15,17-18,20-21,23-24,37,39,42-43,46-47H,3-4,6,8-10,13,16,19,22,25-36,38,40-41H2,1-2H3,(H,45,48)/b7-5-,12-11-,15-14-,18-17-,21-20-,24-23-,39-37+. The highest BCUT2D eigenvalue weighted by Crippen LogP contribution is 2.13. The van der Waals surface area contributed by atoms with Crippen molar-refractivity contribution in [3.05, 3.63) is 85.1 Å². The first-order valence-corrected chi connectivity index (χ1v) is 19.8. The number of amides is 1. The second kappa shape index (κ2) is 39.0. The van der Waals surface area contributed by atoms with Crippen LogP contribution in [-0.4, -0.2) is 34.9 Å². The molecule has 0 aromatic rings. The Balaban J connectivity index is 3.58. The molecule has 1 amide bonds. The van der Waals surface area contributed by atoms with Crippen LogP contribution in [0, 0.1) is 0 Å². The molecular formula is C44H75NO3. The molecule has 0 aromatic heterocycles. The van der Waals surface area contributed by atoms with Gasteiger partial charge in [0.25, 0.3) is 0 Å². The summed E-state index contributed by atoms with van der Waals surface area (Å²) in [6.07, 6.45) is 56.9. The minimum atomic E-state index is -0.841. The SMILES string of the molecule is CC/C=C\C/C=C\C/C=C\C/C=C\C/C=C\C/C=C\CCCCCCCCCCCCC(=O)NC(CO)C(O)/C=C/CCCCCCC. The van der Waals surface area contributed by atoms with Crippen molar-refractivity contribution < 1.29 is 15.0 Å². The van der Waals surface area contributed by atoms with Crippen LogP contribution in [0.4, 0.5) is 0 Å². The molecule has 0 aliphatic carbocycles. The van der Waals surface area contributed by atoms with Gasteiger partial charge in [-0.05, 0) is 70.6 Å². The number of nitrogens with one attached hydrogen (secondary N) is 1. The van der Waals surface area contributed by atoms with E-state index in [0.29, 0.717) is 6.42 Å². The van der Waals surface area contributed by atoms with E-state index < -0.39 is 12.1 Å². The lowest BCUT2D eigenvalue weighted by molar-refractivity contribution is -0.123. The lowest BCUT2D eigenvalue weighted by Gasteiger charge is -2.20. The zero-order valence-electron chi connectivity index (χ0n) is 31.2. The molecule has 0 fully saturated rings. The highest BCUT2D eigenvalue weighted by molar-refractivity contribution is 5.76. The molecule has 3 N–H and O–H groups in total. The van der Waals surface area contributed by atoms with Crippen molar-refractivity contribution in [2.75, 3.05) is 6.61 Å². The summed E-state index contributed by atoms with van der Waals surface area (Å²) in [7, 11) is 0. The number of carbonyl (C=O) groups excluding carboxylic acids is 1. The Kier molecular flexibility index (Phi) is 37.0. The lowest BCUT2D eigenvalue weighted by Crippen LogP contribution is -2.45. The van der Waals surface area contributed by atoms with E-state index >= 15 is 0 Å². The van der Waals surface area contributed by atoms with Crippen molar-refractivity contribution >= 4 is 5.91 Å². The maximum Gasteiger partial charge on any atom is 0.220 e. The third kappa shape index (κ3) is 34.9. The molecule has 0 aliphatic rings. The molecule has 0 saturated carbocycles. The van der Waals surface area contributed by atoms with E-state index in [1.807, 2.05) is 6.08 Å². The van der Waals surface area contributed by atoms with Crippen LogP contribution in [0.15, 0.2) is 85.1 Å². The molecule has 2 atom stereocenters. The summed E-state index contributed by atoms with van der Waals surface area (Å²) in [5.74, 6) is -0.0786. The van der Waals surface area contributed by atoms with Crippen molar-refractivity contribution in [3.8, 4) is 0 Å². The monoisotopic (exact) mass is 666 g/mol. The maximum absolute atomic E-state index is 12.3. The van der Waals surface area contributed by atoms with Crippen molar-refractivity contribution in [2.45, 2.75) is 180 Å². The predicted molar refractivity (Wildman–Crippen MR) is 211 cm³/mol. The third-order valence-electron chi connectivity index (χ3n) is 8.38. The van der Waals surface area contributed by atoms with Gasteiger partial charge in [-0.25, -0.2) is 0 Å². The van der Waals surface area contributed by atoms with Gasteiger partial charge in [-0.3, -0.25) is 4.79 Å². The van der Waals surface area contributed by atoms with Crippen LogP contribution < -0.4 is 5.32 Å². The van der Waals surface area contributed by atoms with Crippen molar-refractivity contribution in [1.29, 1.82) is 0 Å². The molecule has 0 saturated heterocycles. The number of unbranched alkanes of at least 4 members (excludes halogenated alkanes) is 15. The van der Waals surface area contributed by atoms with Crippen molar-refractivity contribution in [2.24, 2.45) is 0 Å². The number of hydrogen-bond donors (Lipinski definition) is 3. The van der Waals surface area contributed by atoms with Crippen LogP contribution in [0.2, 0.25) is 0 Å². The largest absolute Gasteiger partial charge is 0.394 e. The first-order chi connectivity index (χ1) is 23.7. The summed E-state index contributed by atoms with van der Waals surface area (Å²) in [6, 6.07) is -0.626. The van der Waals surface area contributed by atoms with Gasteiger partial charge in [0.1, 0.15) is 0 Å². The molecule has 274 valence electrons. The van der Waals surface area contributed by atoms with Gasteiger partial charge in [0, 0.05) is 6.42 Å². The van der Waals surface area contributed by atoms with Gasteiger partial charge in [-0.2, -0.15) is 0 Å². The van der Waals surface area contributed by atoms with E-state index in [0.717, 1.165) is 64.2 Å². The summed E-state index contributed by atoms with van der Waals surface area (Å²) in [5, 5.41) is 22.7. The Hall–Kier alpha value is -2.43. The number of rotatable bonds is 34. The molecule has 0 heterocycles. The summed E-state index contributed by atoms with van der Waals surface area (Å²) < 4.78 is 0. The van der Waals surface area contributed by atoms with Crippen LogP contribution in [0.3, 0.4) is 0 Å². The lowest BCUT2D eigenvalue weighted by atomic mass is 10.0. The summed E-state index contributed by atoms with van der Waals surface area (Å²) in [5.41, 5.74) is 0. The quantitative estimate of drug-likeness (QED) is 0.0473. The molecule has 0 spiro atoms. The summed E-state index contributed by atoms with van der Waals surface area (Å²) >= 11 is 0. The smallest absolute Gasteiger partial charge is 0.220 e. The van der Waals surface area contributed by atoms with Gasteiger partial charge in [0.15, 0.2) is 0 Å². The van der Waals surface area contributed by atoms with E-state index in [4.69, 9.17) is 0 Å². The van der Waals surface area contributed by atoms with Gasteiger partial charge < -0.3 is 15.5 Å². The van der Waals surface area contributed by atoms with Gasteiger partial charge in [-0.15, -0.1) is 0 Å². The Morgan fingerprint density at radius 2 is 0.917 bits per heavy atom. The second-order valence-electron chi connectivity index (χ2n) is 13.0. The van der Waals surface area contributed by atoms with E-state index in [1.165, 1.54) is 83.5 Å². The molecule has 0 radical (unpaired) electrons. The highest BCUT2D eigenvalue weighted by atomic mass is 16.3. The number of carbonyl (C=O) groups is 1. The zero-order valence-corrected chi connectivity index (χ0v) is 31.2. The molecule has 4 heteroatoms. The Morgan fingerprint density at radius 1 is 0.521 bits per heavy atom. The molecule has 0 aromatic carbocycles. The van der Waals surface area contributed by atoms with E-state index in [1.54, 1.807) is 6.08 Å². The molecule has 0 bridgehead atoms. The van der Waals surface area contributed by atoms with Crippen molar-refractivity contribution in [3.63, 3.8) is 0 Å². The maximum atomic E-state index is 12.3. The second-order valence-corrected chi connectivity index (χ2v) is 13.0.